The van der Waals surface area contributed by atoms with Crippen molar-refractivity contribution >= 4 is 16.5 Å². The van der Waals surface area contributed by atoms with Gasteiger partial charge in [-0.25, -0.2) is 4.79 Å². The number of hydrogen-bond donors (Lipinski definition) is 1. The van der Waals surface area contributed by atoms with Crippen LogP contribution in [0.25, 0.3) is 0 Å². The number of carbonyl (C=O) groups is 1. The molecule has 3 rings (SSSR count). The molecule has 0 heterocycles. The van der Waals surface area contributed by atoms with Gasteiger partial charge in [0.25, 0.3) is 0 Å². The van der Waals surface area contributed by atoms with Crippen LogP contribution in [0.4, 0.5) is 4.79 Å². The molecule has 0 bridgehead atoms. The highest BCUT2D eigenvalue weighted by molar-refractivity contribution is 8.30. The molecule has 0 aromatic heterocycles. The zero-order chi connectivity index (χ0) is 24.1. The minimum absolute atomic E-state index is 0.690. The molecule has 0 aliphatic carbocycles. The Kier molecular flexibility index (Phi) is 10.4. The molecule has 0 saturated carbocycles. The Morgan fingerprint density at radius 1 is 0.676 bits per heavy atom. The van der Waals surface area contributed by atoms with Gasteiger partial charge in [0.2, 0.25) is 0 Å². The number of ether oxygens (including phenoxy) is 1. The third-order valence-corrected chi connectivity index (χ3v) is 8.97. The highest BCUT2D eigenvalue weighted by Gasteiger charge is 2.35. The Hall–Kier alpha value is -2.92. The van der Waals surface area contributed by atoms with Crippen LogP contribution in [0.1, 0.15) is 58.3 Å². The molecule has 0 atom stereocenters. The fourth-order valence-electron chi connectivity index (χ4n) is 4.04. The maximum atomic E-state index is 11.9. The fraction of sp³-hybridized carbons (Fsp3) is 0.345. The van der Waals surface area contributed by atoms with Crippen molar-refractivity contribution in [3.63, 3.8) is 0 Å². The molecule has 182 valence electrons. The fourth-order valence-corrected chi connectivity index (χ4v) is 6.96. The number of rotatable bonds is 14. The minimum atomic E-state index is -2.45. The Bertz CT molecular complexity index is 935. The van der Waals surface area contributed by atoms with Crippen molar-refractivity contribution < 1.29 is 18.8 Å². The molecule has 0 saturated heterocycles. The van der Waals surface area contributed by atoms with Crippen LogP contribution in [0.15, 0.2) is 99.6 Å². The quantitative estimate of drug-likeness (QED) is 0.234. The van der Waals surface area contributed by atoms with Gasteiger partial charge in [-0.05, 0) is 65.3 Å². The summed E-state index contributed by atoms with van der Waals surface area (Å²) in [5.41, 5.74) is 0. The molecule has 0 aliphatic heterocycles. The first kappa shape index (κ1) is 25.7. The van der Waals surface area contributed by atoms with Crippen LogP contribution in [-0.4, -0.2) is 17.9 Å². The van der Waals surface area contributed by atoms with E-state index >= 15 is 0 Å². The van der Waals surface area contributed by atoms with E-state index in [9.17, 15) is 9.90 Å². The van der Waals surface area contributed by atoms with E-state index in [1.807, 2.05) is 84.9 Å². The lowest BCUT2D eigenvalue weighted by Gasteiger charge is -2.38. The van der Waals surface area contributed by atoms with Crippen LogP contribution in [0, 0.1) is 0 Å². The number of unbranched alkanes of at least 4 members (excludes halogenated alkanes) is 7. The average molecular weight is 481 g/mol. The highest BCUT2D eigenvalue weighted by Crippen LogP contribution is 2.69. The van der Waals surface area contributed by atoms with Gasteiger partial charge in [-0.3, -0.25) is 0 Å². The molecule has 3 aromatic rings. The van der Waals surface area contributed by atoms with E-state index in [1.54, 1.807) is 0 Å². The van der Waals surface area contributed by atoms with Crippen LogP contribution in [0.5, 0.6) is 5.75 Å². The molecule has 0 spiro atoms. The van der Waals surface area contributed by atoms with E-state index in [0.29, 0.717) is 6.61 Å². The summed E-state index contributed by atoms with van der Waals surface area (Å²) in [4.78, 5) is 14.3. The summed E-state index contributed by atoms with van der Waals surface area (Å²) >= 11 is 0. The van der Waals surface area contributed by atoms with E-state index in [1.165, 1.54) is 44.9 Å². The predicted molar refractivity (Wildman–Crippen MR) is 139 cm³/mol. The first-order valence-corrected chi connectivity index (χ1v) is 13.8. The van der Waals surface area contributed by atoms with Crippen LogP contribution in [0.3, 0.4) is 0 Å². The van der Waals surface area contributed by atoms with Crippen molar-refractivity contribution in [2.24, 2.45) is 0 Å². The zero-order valence-corrected chi connectivity index (χ0v) is 20.8. The normalized spacial score (nSPS) is 11.7. The van der Waals surface area contributed by atoms with Crippen LogP contribution in [-0.2, 0) is 4.18 Å². The van der Waals surface area contributed by atoms with Gasteiger partial charge in [-0.1, -0.05) is 88.3 Å². The summed E-state index contributed by atoms with van der Waals surface area (Å²) in [5.74, 6) is 0.788. The smallest absolute Gasteiger partial charge is 0.494 e. The summed E-state index contributed by atoms with van der Waals surface area (Å²) in [6, 6.07) is 26.9. The Labute approximate surface area is 205 Å². The molecule has 0 radical (unpaired) electrons. The Morgan fingerprint density at radius 2 is 1.15 bits per heavy atom. The van der Waals surface area contributed by atoms with Crippen molar-refractivity contribution in [1.29, 1.82) is 0 Å². The number of benzene rings is 3. The van der Waals surface area contributed by atoms with Crippen molar-refractivity contribution in [2.75, 3.05) is 6.61 Å². The monoisotopic (exact) mass is 480 g/mol. The van der Waals surface area contributed by atoms with Gasteiger partial charge in [0.15, 0.2) is 0 Å². The van der Waals surface area contributed by atoms with E-state index in [4.69, 9.17) is 8.92 Å². The Morgan fingerprint density at radius 3 is 1.65 bits per heavy atom. The molecule has 0 amide bonds. The van der Waals surface area contributed by atoms with Gasteiger partial charge >= 0.3 is 6.16 Å². The van der Waals surface area contributed by atoms with Crippen LogP contribution >= 0.6 is 10.3 Å². The average Bonchev–Trinajstić information content (AvgIpc) is 2.87. The van der Waals surface area contributed by atoms with E-state index < -0.39 is 16.5 Å². The molecule has 34 heavy (non-hydrogen) atoms. The standard InChI is InChI=1S/C29H36O4S/c1-2-3-4-5-6-7-8-15-24-32-25-20-22-28(23-21-25)34(33-29(30)31,26-16-11-9-12-17-26)27-18-13-10-14-19-27/h9-14,16-23H,2-8,15,24H2,1H3,(H,30,31). The largest absolute Gasteiger partial charge is 0.517 e. The molecular weight excluding hydrogens is 444 g/mol. The predicted octanol–water partition coefficient (Wildman–Crippen LogP) is 9.10. The molecule has 1 N–H and O–H groups in total. The van der Waals surface area contributed by atoms with Crippen molar-refractivity contribution in [3.05, 3.63) is 84.9 Å². The maximum Gasteiger partial charge on any atom is 0.517 e. The molecule has 5 heteroatoms. The summed E-state index contributed by atoms with van der Waals surface area (Å²) in [6.07, 6.45) is 8.82. The van der Waals surface area contributed by atoms with Gasteiger partial charge in [0.05, 0.1) is 6.61 Å². The maximum absolute atomic E-state index is 11.9. The lowest BCUT2D eigenvalue weighted by Crippen LogP contribution is -2.12. The van der Waals surface area contributed by atoms with E-state index in [-0.39, 0.29) is 0 Å². The van der Waals surface area contributed by atoms with E-state index in [0.717, 1.165) is 26.9 Å². The number of hydrogen-bond acceptors (Lipinski definition) is 3. The van der Waals surface area contributed by atoms with Gasteiger partial charge < -0.3 is 14.0 Å². The minimum Gasteiger partial charge on any atom is -0.494 e. The van der Waals surface area contributed by atoms with E-state index in [2.05, 4.69) is 6.92 Å². The van der Waals surface area contributed by atoms with Gasteiger partial charge in [-0.2, -0.15) is 0 Å². The molecule has 0 unspecified atom stereocenters. The molecular formula is C29H36O4S. The first-order valence-electron chi connectivity index (χ1n) is 12.3. The van der Waals surface area contributed by atoms with Crippen LogP contribution < -0.4 is 4.74 Å². The van der Waals surface area contributed by atoms with Crippen molar-refractivity contribution in [2.45, 2.75) is 73.0 Å². The molecule has 0 aliphatic rings. The van der Waals surface area contributed by atoms with Crippen molar-refractivity contribution in [3.8, 4) is 5.75 Å². The van der Waals surface area contributed by atoms with Gasteiger partial charge in [0, 0.05) is 14.7 Å². The summed E-state index contributed by atoms with van der Waals surface area (Å²) in [6.45, 7) is 2.93. The summed E-state index contributed by atoms with van der Waals surface area (Å²) in [7, 11) is -2.45. The van der Waals surface area contributed by atoms with Gasteiger partial charge in [-0.15, -0.1) is 0 Å². The molecule has 0 fully saturated rings. The van der Waals surface area contributed by atoms with Gasteiger partial charge in [0.1, 0.15) is 5.75 Å². The second-order valence-electron chi connectivity index (χ2n) is 8.33. The number of carboxylic acid groups (broad SMARTS) is 1. The third kappa shape index (κ3) is 7.04. The lowest BCUT2D eigenvalue weighted by molar-refractivity contribution is 0.150. The summed E-state index contributed by atoms with van der Waals surface area (Å²) in [5, 5.41) is 9.71. The topological polar surface area (TPSA) is 55.8 Å². The molecule has 3 aromatic carbocycles. The second kappa shape index (κ2) is 13.7. The molecule has 4 nitrogen and oxygen atoms in total. The Balaban J connectivity index is 1.71. The second-order valence-corrected chi connectivity index (χ2v) is 11.0. The van der Waals surface area contributed by atoms with Crippen molar-refractivity contribution in [1.82, 2.24) is 0 Å². The SMILES string of the molecule is CCCCCCCCCCOc1ccc(S(OC(=O)O)(c2ccccc2)c2ccccc2)cc1. The zero-order valence-electron chi connectivity index (χ0n) is 20.0. The van der Waals surface area contributed by atoms with Crippen LogP contribution in [0.2, 0.25) is 0 Å². The highest BCUT2D eigenvalue weighted by atomic mass is 32.3. The third-order valence-electron chi connectivity index (χ3n) is 5.77. The summed E-state index contributed by atoms with van der Waals surface area (Å²) < 4.78 is 11.7. The first-order chi connectivity index (χ1) is 16.7. The lowest BCUT2D eigenvalue weighted by atomic mass is 10.1.